The normalized spacial score (nSPS) is 50.7. The van der Waals surface area contributed by atoms with Crippen LogP contribution in [0.1, 0.15) is 32.6 Å². The number of hydrogen-bond acceptors (Lipinski definition) is 1. The maximum absolute atomic E-state index is 2.55. The summed E-state index contributed by atoms with van der Waals surface area (Å²) in [5.41, 5.74) is 0.614. The first kappa shape index (κ1) is 5.72. The molecule has 0 aromatic carbocycles. The van der Waals surface area contributed by atoms with Crippen molar-refractivity contribution in [2.45, 2.75) is 44.2 Å². The minimum Gasteiger partial charge on any atom is -0.298 e. The van der Waals surface area contributed by atoms with Crippen molar-refractivity contribution in [3.8, 4) is 0 Å². The zero-order valence-electron chi connectivity index (χ0n) is 6.35. The summed E-state index contributed by atoms with van der Waals surface area (Å²) in [6.45, 7) is 2.39. The van der Waals surface area contributed by atoms with Crippen LogP contribution in [0.15, 0.2) is 0 Å². The number of rotatable bonds is 0. The van der Waals surface area contributed by atoms with Gasteiger partial charge in [-0.1, -0.05) is 6.42 Å². The third-order valence-electron chi connectivity index (χ3n) is 3.33. The Bertz CT molecular complexity index is 129. The molecule has 1 aliphatic carbocycles. The Kier molecular flexibility index (Phi) is 0.963. The van der Waals surface area contributed by atoms with Crippen molar-refractivity contribution in [1.82, 2.24) is 4.90 Å². The van der Waals surface area contributed by atoms with Crippen molar-refractivity contribution in [1.29, 1.82) is 0 Å². The summed E-state index contributed by atoms with van der Waals surface area (Å²) >= 11 is 0. The van der Waals surface area contributed by atoms with Gasteiger partial charge in [-0.15, -0.1) is 0 Å². The molecule has 0 aromatic heterocycles. The van der Waals surface area contributed by atoms with Gasteiger partial charge in [0.2, 0.25) is 0 Å². The third kappa shape index (κ3) is 0.586. The van der Waals surface area contributed by atoms with Crippen LogP contribution in [-0.4, -0.2) is 23.5 Å². The highest BCUT2D eigenvalue weighted by molar-refractivity contribution is 5.04. The second kappa shape index (κ2) is 1.51. The minimum absolute atomic E-state index is 0.614. The number of fused-ring (bicyclic) bond motifs is 2. The van der Waals surface area contributed by atoms with E-state index in [4.69, 9.17) is 0 Å². The summed E-state index contributed by atoms with van der Waals surface area (Å²) in [7, 11) is 2.27. The standard InChI is InChI=1S/C8H15N/c1-8-5-3-4-7(6-8)9(8)2/h7H,3-6H2,1-2H3/t7-,8+/m0/s1. The molecule has 2 atom stereocenters. The van der Waals surface area contributed by atoms with E-state index in [1.165, 1.54) is 25.7 Å². The molecule has 3 fully saturated rings. The van der Waals surface area contributed by atoms with Gasteiger partial charge in [-0.25, -0.2) is 0 Å². The molecule has 52 valence electrons. The Labute approximate surface area is 57.0 Å². The monoisotopic (exact) mass is 125 g/mol. The minimum atomic E-state index is 0.614. The molecular weight excluding hydrogens is 110 g/mol. The molecule has 0 amide bonds. The van der Waals surface area contributed by atoms with Crippen molar-refractivity contribution in [2.75, 3.05) is 7.05 Å². The molecule has 1 saturated carbocycles. The molecule has 2 heterocycles. The van der Waals surface area contributed by atoms with Gasteiger partial charge in [0.05, 0.1) is 0 Å². The Balaban J connectivity index is 2.13. The first-order chi connectivity index (χ1) is 4.22. The lowest BCUT2D eigenvalue weighted by Gasteiger charge is -2.59. The summed E-state index contributed by atoms with van der Waals surface area (Å²) in [6.07, 6.45) is 5.81. The predicted molar refractivity (Wildman–Crippen MR) is 38.4 cm³/mol. The summed E-state index contributed by atoms with van der Waals surface area (Å²) in [5.74, 6) is 0. The maximum Gasteiger partial charge on any atom is 0.0196 e. The number of nitrogens with zero attached hydrogens (tertiary/aromatic N) is 1. The summed E-state index contributed by atoms with van der Waals surface area (Å²) < 4.78 is 0. The van der Waals surface area contributed by atoms with Crippen LogP contribution < -0.4 is 0 Å². The van der Waals surface area contributed by atoms with E-state index < -0.39 is 0 Å². The van der Waals surface area contributed by atoms with Gasteiger partial charge in [-0.05, 0) is 33.2 Å². The van der Waals surface area contributed by atoms with Gasteiger partial charge in [0.1, 0.15) is 0 Å². The quantitative estimate of drug-likeness (QED) is 0.475. The second-order valence-electron chi connectivity index (χ2n) is 3.86. The lowest BCUT2D eigenvalue weighted by atomic mass is 9.70. The summed E-state index contributed by atoms with van der Waals surface area (Å²) in [4.78, 5) is 2.55. The molecule has 3 aliphatic rings. The zero-order valence-corrected chi connectivity index (χ0v) is 6.35. The van der Waals surface area contributed by atoms with Crippen LogP contribution >= 0.6 is 0 Å². The highest BCUT2D eigenvalue weighted by Gasteiger charge is 2.47. The fraction of sp³-hybridized carbons (Fsp3) is 1.00. The Morgan fingerprint density at radius 2 is 2.33 bits per heavy atom. The van der Waals surface area contributed by atoms with E-state index in [2.05, 4.69) is 18.9 Å². The lowest BCUT2D eigenvalue weighted by molar-refractivity contribution is -0.0798. The largest absolute Gasteiger partial charge is 0.298 e. The number of piperidine rings is 1. The molecule has 0 spiro atoms. The molecule has 0 unspecified atom stereocenters. The topological polar surface area (TPSA) is 3.24 Å². The molecule has 0 N–H and O–H groups in total. The molecule has 2 bridgehead atoms. The molecule has 2 aliphatic heterocycles. The van der Waals surface area contributed by atoms with E-state index in [-0.39, 0.29) is 0 Å². The zero-order chi connectivity index (χ0) is 6.48. The van der Waals surface area contributed by atoms with E-state index in [9.17, 15) is 0 Å². The van der Waals surface area contributed by atoms with Crippen LogP contribution in [0.3, 0.4) is 0 Å². The van der Waals surface area contributed by atoms with Crippen LogP contribution in [0.4, 0.5) is 0 Å². The number of hydrogen-bond donors (Lipinski definition) is 0. The fourth-order valence-electron chi connectivity index (χ4n) is 2.41. The first-order valence-electron chi connectivity index (χ1n) is 3.95. The van der Waals surface area contributed by atoms with Crippen molar-refractivity contribution >= 4 is 0 Å². The SMILES string of the molecule is CN1[C@H]2CCC[C@]1(C)C2. The van der Waals surface area contributed by atoms with Gasteiger partial charge in [-0.3, -0.25) is 4.90 Å². The maximum atomic E-state index is 2.55. The molecule has 0 radical (unpaired) electrons. The van der Waals surface area contributed by atoms with Crippen molar-refractivity contribution in [2.24, 2.45) is 0 Å². The molecule has 1 heteroatoms. The van der Waals surface area contributed by atoms with Crippen molar-refractivity contribution < 1.29 is 0 Å². The molecule has 0 aromatic rings. The van der Waals surface area contributed by atoms with Crippen LogP contribution in [0.2, 0.25) is 0 Å². The van der Waals surface area contributed by atoms with Gasteiger partial charge < -0.3 is 0 Å². The highest BCUT2D eigenvalue weighted by atomic mass is 15.3. The van der Waals surface area contributed by atoms with Crippen molar-refractivity contribution in [3.63, 3.8) is 0 Å². The molecule has 9 heavy (non-hydrogen) atoms. The molecule has 1 nitrogen and oxygen atoms in total. The van der Waals surface area contributed by atoms with Crippen molar-refractivity contribution in [3.05, 3.63) is 0 Å². The van der Waals surface area contributed by atoms with Crippen LogP contribution in [0, 0.1) is 0 Å². The van der Waals surface area contributed by atoms with Crippen LogP contribution in [0.5, 0.6) is 0 Å². The van der Waals surface area contributed by atoms with E-state index in [0.717, 1.165) is 6.04 Å². The average Bonchev–Trinajstić information content (AvgIpc) is 1.88. The predicted octanol–water partition coefficient (Wildman–Crippen LogP) is 1.63. The second-order valence-corrected chi connectivity index (χ2v) is 3.86. The lowest BCUT2D eigenvalue weighted by Crippen LogP contribution is -2.64. The van der Waals surface area contributed by atoms with E-state index in [1.54, 1.807) is 0 Å². The summed E-state index contributed by atoms with van der Waals surface area (Å²) in [6, 6.07) is 0.948. The van der Waals surface area contributed by atoms with E-state index in [0.29, 0.717) is 5.54 Å². The highest BCUT2D eigenvalue weighted by Crippen LogP contribution is 2.45. The van der Waals surface area contributed by atoms with E-state index in [1.807, 2.05) is 0 Å². The Morgan fingerprint density at radius 3 is 2.67 bits per heavy atom. The molecular formula is C8H15N. The fourth-order valence-corrected chi connectivity index (χ4v) is 2.41. The first-order valence-corrected chi connectivity index (χ1v) is 3.95. The molecule has 3 rings (SSSR count). The van der Waals surface area contributed by atoms with Gasteiger partial charge in [0, 0.05) is 11.6 Å². The molecule has 2 saturated heterocycles. The smallest absolute Gasteiger partial charge is 0.0196 e. The van der Waals surface area contributed by atoms with Gasteiger partial charge in [0.25, 0.3) is 0 Å². The van der Waals surface area contributed by atoms with Crippen LogP contribution in [0.25, 0.3) is 0 Å². The van der Waals surface area contributed by atoms with E-state index >= 15 is 0 Å². The third-order valence-corrected chi connectivity index (χ3v) is 3.33. The summed E-state index contributed by atoms with van der Waals surface area (Å²) in [5, 5.41) is 0. The Hall–Kier alpha value is -0.0400. The van der Waals surface area contributed by atoms with Gasteiger partial charge in [0.15, 0.2) is 0 Å². The van der Waals surface area contributed by atoms with Gasteiger partial charge in [-0.2, -0.15) is 0 Å². The average molecular weight is 125 g/mol. The van der Waals surface area contributed by atoms with Gasteiger partial charge >= 0.3 is 0 Å². The Morgan fingerprint density at radius 1 is 1.56 bits per heavy atom. The van der Waals surface area contributed by atoms with Crippen LogP contribution in [-0.2, 0) is 0 Å².